The lowest BCUT2D eigenvalue weighted by atomic mass is 10.0. The van der Waals surface area contributed by atoms with E-state index in [1.165, 1.54) is 25.8 Å². The van der Waals surface area contributed by atoms with E-state index in [4.69, 9.17) is 4.99 Å². The molecule has 1 rings (SSSR count). The summed E-state index contributed by atoms with van der Waals surface area (Å²) in [6.45, 7) is 13.4. The molecule has 0 aromatic heterocycles. The highest BCUT2D eigenvalue weighted by Gasteiger charge is 2.17. The standard InChI is InChI=1S/C17H34N4/c1-5-7-9-13-20(4)17(18-6-2)19-12-15-21-14-10-8-11-16(21)3/h5,16H,1,6-15H2,2-4H3,(H,18,19). The molecule has 122 valence electrons. The molecule has 0 saturated carbocycles. The topological polar surface area (TPSA) is 30.9 Å². The Bertz CT molecular complexity index is 314. The minimum Gasteiger partial charge on any atom is -0.357 e. The Hall–Kier alpha value is -1.03. The van der Waals surface area contributed by atoms with Crippen LogP contribution in [0.4, 0.5) is 0 Å². The summed E-state index contributed by atoms with van der Waals surface area (Å²) < 4.78 is 0. The average molecular weight is 294 g/mol. The molecule has 0 aromatic rings. The summed E-state index contributed by atoms with van der Waals surface area (Å²) in [6, 6.07) is 0.724. The lowest BCUT2D eigenvalue weighted by Gasteiger charge is -2.33. The molecule has 1 atom stereocenters. The van der Waals surface area contributed by atoms with Crippen LogP contribution in [0.3, 0.4) is 0 Å². The van der Waals surface area contributed by atoms with Gasteiger partial charge in [-0.3, -0.25) is 9.89 Å². The molecule has 1 saturated heterocycles. The molecule has 1 aliphatic rings. The van der Waals surface area contributed by atoms with Crippen LogP contribution in [-0.4, -0.2) is 61.6 Å². The van der Waals surface area contributed by atoms with Crippen LogP contribution in [0.1, 0.15) is 46.0 Å². The second kappa shape index (κ2) is 10.7. The lowest BCUT2D eigenvalue weighted by Crippen LogP contribution is -2.41. The van der Waals surface area contributed by atoms with Crippen LogP contribution in [0, 0.1) is 0 Å². The van der Waals surface area contributed by atoms with E-state index in [0.29, 0.717) is 0 Å². The summed E-state index contributed by atoms with van der Waals surface area (Å²) in [5.41, 5.74) is 0. The number of unbranched alkanes of at least 4 members (excludes halogenated alkanes) is 1. The van der Waals surface area contributed by atoms with Crippen molar-refractivity contribution in [3.8, 4) is 0 Å². The van der Waals surface area contributed by atoms with Crippen LogP contribution in [0.15, 0.2) is 17.6 Å². The van der Waals surface area contributed by atoms with Gasteiger partial charge in [-0.15, -0.1) is 6.58 Å². The Kier molecular flexibility index (Phi) is 9.15. The number of guanidine groups is 1. The first kappa shape index (κ1) is 18.0. The zero-order valence-corrected chi connectivity index (χ0v) is 14.3. The monoisotopic (exact) mass is 294 g/mol. The van der Waals surface area contributed by atoms with Crippen molar-refractivity contribution in [1.82, 2.24) is 15.1 Å². The second-order valence-corrected chi connectivity index (χ2v) is 5.97. The summed E-state index contributed by atoms with van der Waals surface area (Å²) in [6.07, 6.45) is 8.24. The van der Waals surface area contributed by atoms with Crippen molar-refractivity contribution in [2.75, 3.05) is 39.8 Å². The van der Waals surface area contributed by atoms with Gasteiger partial charge in [0.1, 0.15) is 0 Å². The van der Waals surface area contributed by atoms with Crippen LogP contribution in [0.25, 0.3) is 0 Å². The van der Waals surface area contributed by atoms with Gasteiger partial charge in [-0.25, -0.2) is 0 Å². The number of likely N-dealkylation sites (tertiary alicyclic amines) is 1. The van der Waals surface area contributed by atoms with E-state index in [2.05, 4.69) is 42.6 Å². The number of allylic oxidation sites excluding steroid dienone is 1. The molecule has 1 heterocycles. The lowest BCUT2D eigenvalue weighted by molar-refractivity contribution is 0.165. The smallest absolute Gasteiger partial charge is 0.193 e. The molecule has 0 bridgehead atoms. The van der Waals surface area contributed by atoms with Crippen LogP contribution >= 0.6 is 0 Å². The Morgan fingerprint density at radius 1 is 1.48 bits per heavy atom. The van der Waals surface area contributed by atoms with Gasteiger partial charge >= 0.3 is 0 Å². The molecule has 1 N–H and O–H groups in total. The maximum absolute atomic E-state index is 4.78. The van der Waals surface area contributed by atoms with Gasteiger partial charge in [0.2, 0.25) is 0 Å². The van der Waals surface area contributed by atoms with Gasteiger partial charge < -0.3 is 10.2 Å². The third kappa shape index (κ3) is 6.98. The molecule has 0 aliphatic carbocycles. The van der Waals surface area contributed by atoms with Crippen LogP contribution in [0.5, 0.6) is 0 Å². The maximum Gasteiger partial charge on any atom is 0.193 e. The highest BCUT2D eigenvalue weighted by Crippen LogP contribution is 2.15. The van der Waals surface area contributed by atoms with Crippen molar-refractivity contribution in [1.29, 1.82) is 0 Å². The number of nitrogens with zero attached hydrogens (tertiary/aromatic N) is 3. The molecule has 0 aromatic carbocycles. The van der Waals surface area contributed by atoms with E-state index in [-0.39, 0.29) is 0 Å². The second-order valence-electron chi connectivity index (χ2n) is 5.97. The zero-order valence-electron chi connectivity index (χ0n) is 14.3. The molecule has 21 heavy (non-hydrogen) atoms. The molecule has 1 fully saturated rings. The Morgan fingerprint density at radius 2 is 2.29 bits per heavy atom. The first-order valence-corrected chi connectivity index (χ1v) is 8.53. The average Bonchev–Trinajstić information content (AvgIpc) is 2.48. The van der Waals surface area contributed by atoms with Crippen molar-refractivity contribution in [2.24, 2.45) is 4.99 Å². The molecule has 1 unspecified atom stereocenters. The number of aliphatic imine (C=N–C) groups is 1. The van der Waals surface area contributed by atoms with Crippen LogP contribution in [-0.2, 0) is 0 Å². The molecule has 0 radical (unpaired) electrons. The van der Waals surface area contributed by atoms with Gasteiger partial charge in [0, 0.05) is 32.7 Å². The number of nitrogens with one attached hydrogen (secondary N) is 1. The summed E-state index contributed by atoms with van der Waals surface area (Å²) >= 11 is 0. The maximum atomic E-state index is 4.78. The zero-order chi connectivity index (χ0) is 15.5. The number of piperidine rings is 1. The summed E-state index contributed by atoms with van der Waals surface area (Å²) in [5, 5.41) is 3.39. The van der Waals surface area contributed by atoms with E-state index >= 15 is 0 Å². The summed E-state index contributed by atoms with van der Waals surface area (Å²) in [4.78, 5) is 9.59. The number of hydrogen-bond donors (Lipinski definition) is 1. The molecular weight excluding hydrogens is 260 g/mol. The van der Waals surface area contributed by atoms with Crippen LogP contribution < -0.4 is 5.32 Å². The minimum atomic E-state index is 0.724. The summed E-state index contributed by atoms with van der Waals surface area (Å²) in [5.74, 6) is 1.03. The minimum absolute atomic E-state index is 0.724. The molecule has 4 heteroatoms. The predicted molar refractivity (Wildman–Crippen MR) is 92.9 cm³/mol. The SMILES string of the molecule is C=CCCCN(C)C(=NCCN1CCCCC1C)NCC. The van der Waals surface area contributed by atoms with E-state index in [1.54, 1.807) is 0 Å². The third-order valence-corrected chi connectivity index (χ3v) is 4.19. The van der Waals surface area contributed by atoms with Gasteiger partial charge in [-0.05, 0) is 46.1 Å². The normalized spacial score (nSPS) is 20.3. The molecule has 4 nitrogen and oxygen atoms in total. The van der Waals surface area contributed by atoms with E-state index in [9.17, 15) is 0 Å². The summed E-state index contributed by atoms with van der Waals surface area (Å²) in [7, 11) is 2.12. The van der Waals surface area contributed by atoms with Crippen molar-refractivity contribution >= 4 is 5.96 Å². The quantitative estimate of drug-likeness (QED) is 0.323. The van der Waals surface area contributed by atoms with Gasteiger partial charge in [0.25, 0.3) is 0 Å². The third-order valence-electron chi connectivity index (χ3n) is 4.19. The Balaban J connectivity index is 2.40. The highest BCUT2D eigenvalue weighted by atomic mass is 15.3. The van der Waals surface area contributed by atoms with Crippen molar-refractivity contribution in [2.45, 2.75) is 52.0 Å². The van der Waals surface area contributed by atoms with Gasteiger partial charge in [-0.2, -0.15) is 0 Å². The fourth-order valence-electron chi connectivity index (χ4n) is 2.82. The Labute approximate surface area is 131 Å². The largest absolute Gasteiger partial charge is 0.357 e. The molecule has 1 aliphatic heterocycles. The van der Waals surface area contributed by atoms with E-state index < -0.39 is 0 Å². The van der Waals surface area contributed by atoms with E-state index in [1.807, 2.05) is 6.08 Å². The highest BCUT2D eigenvalue weighted by molar-refractivity contribution is 5.79. The number of rotatable bonds is 8. The fraction of sp³-hybridized carbons (Fsp3) is 0.824. The molecular formula is C17H34N4. The van der Waals surface area contributed by atoms with Gasteiger partial charge in [0.15, 0.2) is 5.96 Å². The number of hydrogen-bond acceptors (Lipinski definition) is 2. The van der Waals surface area contributed by atoms with Crippen molar-refractivity contribution < 1.29 is 0 Å². The van der Waals surface area contributed by atoms with E-state index in [0.717, 1.165) is 51.0 Å². The van der Waals surface area contributed by atoms with Crippen LogP contribution in [0.2, 0.25) is 0 Å². The van der Waals surface area contributed by atoms with Crippen molar-refractivity contribution in [3.63, 3.8) is 0 Å². The Morgan fingerprint density at radius 3 is 2.95 bits per heavy atom. The predicted octanol–water partition coefficient (Wildman–Crippen LogP) is 2.72. The van der Waals surface area contributed by atoms with Crippen molar-refractivity contribution in [3.05, 3.63) is 12.7 Å². The first-order valence-electron chi connectivity index (χ1n) is 8.53. The van der Waals surface area contributed by atoms with Gasteiger partial charge in [-0.1, -0.05) is 12.5 Å². The van der Waals surface area contributed by atoms with Gasteiger partial charge in [0.05, 0.1) is 6.54 Å². The first-order chi connectivity index (χ1) is 10.2. The molecule has 0 spiro atoms. The fourth-order valence-corrected chi connectivity index (χ4v) is 2.82. The molecule has 0 amide bonds.